The summed E-state index contributed by atoms with van der Waals surface area (Å²) in [6.45, 7) is 0. The normalized spacial score (nSPS) is 11.1. The molecular weight excluding hydrogens is 220 g/mol. The number of carboxylic acids is 1. The molecule has 0 bridgehead atoms. The molecule has 3 aromatic rings. The Hall–Kier alpha value is -2.43. The predicted molar refractivity (Wildman–Crippen MR) is 63.7 cm³/mol. The van der Waals surface area contributed by atoms with E-state index in [1.54, 1.807) is 13.2 Å². The molecule has 0 saturated heterocycles. The average Bonchev–Trinajstić information content (AvgIpc) is 2.85. The molecule has 2 heterocycles. The van der Waals surface area contributed by atoms with Gasteiger partial charge in [0.1, 0.15) is 17.1 Å². The minimum Gasteiger partial charge on any atom is -0.497 e. The van der Waals surface area contributed by atoms with E-state index in [4.69, 9.17) is 9.84 Å². The van der Waals surface area contributed by atoms with E-state index < -0.39 is 5.97 Å². The number of aromatic carboxylic acids is 1. The monoisotopic (exact) mass is 230 g/mol. The third-order valence-electron chi connectivity index (χ3n) is 2.82. The smallest absolute Gasteiger partial charge is 0.352 e. The number of carbonyl (C=O) groups is 1. The number of hydrogen-bond donors (Lipinski definition) is 3. The SMILES string of the molecule is COc1ccc2[nH]c3[nH]c(C(=O)O)cc3c2c1. The van der Waals surface area contributed by atoms with Gasteiger partial charge in [0.15, 0.2) is 0 Å². The van der Waals surface area contributed by atoms with E-state index in [0.717, 1.165) is 22.0 Å². The molecule has 3 N–H and O–H groups in total. The van der Waals surface area contributed by atoms with Crippen molar-refractivity contribution in [1.82, 2.24) is 9.97 Å². The summed E-state index contributed by atoms with van der Waals surface area (Å²) in [7, 11) is 1.60. The minimum atomic E-state index is -0.967. The van der Waals surface area contributed by atoms with Gasteiger partial charge in [-0.2, -0.15) is 0 Å². The molecule has 0 amide bonds. The standard InChI is InChI=1S/C12H10N2O3/c1-17-6-2-3-9-7(4-6)8-5-10(12(15)16)14-11(8)13-9/h2-5,13-14H,1H3,(H,15,16). The van der Waals surface area contributed by atoms with Crippen LogP contribution in [0.3, 0.4) is 0 Å². The van der Waals surface area contributed by atoms with Crippen molar-refractivity contribution in [1.29, 1.82) is 0 Å². The van der Waals surface area contributed by atoms with Gasteiger partial charge in [-0.3, -0.25) is 0 Å². The molecule has 5 heteroatoms. The highest BCUT2D eigenvalue weighted by Gasteiger charge is 2.12. The molecule has 0 aliphatic rings. The lowest BCUT2D eigenvalue weighted by molar-refractivity contribution is 0.0691. The van der Waals surface area contributed by atoms with Gasteiger partial charge in [-0.05, 0) is 24.3 Å². The zero-order valence-corrected chi connectivity index (χ0v) is 9.07. The van der Waals surface area contributed by atoms with Crippen molar-refractivity contribution in [2.45, 2.75) is 0 Å². The Morgan fingerprint density at radius 2 is 2.06 bits per heavy atom. The molecule has 0 aliphatic carbocycles. The molecule has 5 nitrogen and oxygen atoms in total. The Morgan fingerprint density at radius 1 is 1.24 bits per heavy atom. The van der Waals surface area contributed by atoms with Crippen molar-refractivity contribution in [3.05, 3.63) is 30.0 Å². The van der Waals surface area contributed by atoms with Crippen molar-refractivity contribution in [2.24, 2.45) is 0 Å². The first kappa shape index (κ1) is 9.77. The van der Waals surface area contributed by atoms with E-state index in [1.807, 2.05) is 18.2 Å². The first-order valence-corrected chi connectivity index (χ1v) is 5.11. The fourth-order valence-electron chi connectivity index (χ4n) is 2.00. The van der Waals surface area contributed by atoms with E-state index in [0.29, 0.717) is 5.65 Å². The van der Waals surface area contributed by atoms with Gasteiger partial charge in [-0.1, -0.05) is 0 Å². The Labute approximate surface area is 96.0 Å². The van der Waals surface area contributed by atoms with E-state index in [1.165, 1.54) is 0 Å². The minimum absolute atomic E-state index is 0.177. The number of rotatable bonds is 2. The van der Waals surface area contributed by atoms with Gasteiger partial charge in [-0.25, -0.2) is 4.79 Å². The summed E-state index contributed by atoms with van der Waals surface area (Å²) in [5.41, 5.74) is 1.84. The highest BCUT2D eigenvalue weighted by molar-refractivity contribution is 6.09. The lowest BCUT2D eigenvalue weighted by Gasteiger charge is -1.98. The fourth-order valence-corrected chi connectivity index (χ4v) is 2.00. The number of aromatic amines is 2. The molecule has 0 unspecified atom stereocenters. The maximum Gasteiger partial charge on any atom is 0.352 e. The molecule has 0 spiro atoms. The van der Waals surface area contributed by atoms with Crippen LogP contribution in [0.15, 0.2) is 24.3 Å². The van der Waals surface area contributed by atoms with Crippen molar-refractivity contribution in [3.8, 4) is 5.75 Å². The largest absolute Gasteiger partial charge is 0.497 e. The number of methoxy groups -OCH3 is 1. The summed E-state index contributed by atoms with van der Waals surface area (Å²) in [6, 6.07) is 7.27. The zero-order chi connectivity index (χ0) is 12.0. The Morgan fingerprint density at radius 3 is 2.76 bits per heavy atom. The summed E-state index contributed by atoms with van der Waals surface area (Å²) >= 11 is 0. The van der Waals surface area contributed by atoms with Crippen LogP contribution in [-0.4, -0.2) is 28.2 Å². The molecule has 0 aliphatic heterocycles. The van der Waals surface area contributed by atoms with Gasteiger partial charge in [0.05, 0.1) is 7.11 Å². The van der Waals surface area contributed by atoms with E-state index in [2.05, 4.69) is 9.97 Å². The van der Waals surface area contributed by atoms with E-state index in [-0.39, 0.29) is 5.69 Å². The third kappa shape index (κ3) is 1.36. The van der Waals surface area contributed by atoms with E-state index in [9.17, 15) is 4.79 Å². The molecule has 0 atom stereocenters. The van der Waals surface area contributed by atoms with Gasteiger partial charge < -0.3 is 19.8 Å². The second-order valence-corrected chi connectivity index (χ2v) is 3.81. The highest BCUT2D eigenvalue weighted by atomic mass is 16.5. The quantitative estimate of drug-likeness (QED) is 0.632. The summed E-state index contributed by atoms with van der Waals surface area (Å²) in [5, 5.41) is 10.7. The number of H-pyrrole nitrogens is 2. The van der Waals surface area contributed by atoms with Gasteiger partial charge in [0.25, 0.3) is 0 Å². The van der Waals surface area contributed by atoms with Crippen molar-refractivity contribution in [3.63, 3.8) is 0 Å². The number of fused-ring (bicyclic) bond motifs is 3. The van der Waals surface area contributed by atoms with Gasteiger partial charge in [-0.15, -0.1) is 0 Å². The lowest BCUT2D eigenvalue weighted by Crippen LogP contribution is -1.95. The number of ether oxygens (including phenoxy) is 1. The van der Waals surface area contributed by atoms with Crippen LogP contribution < -0.4 is 4.74 Å². The number of carboxylic acid groups (broad SMARTS) is 1. The number of benzene rings is 1. The fraction of sp³-hybridized carbons (Fsp3) is 0.0833. The van der Waals surface area contributed by atoms with Crippen LogP contribution in [0.25, 0.3) is 21.9 Å². The molecule has 0 fully saturated rings. The van der Waals surface area contributed by atoms with Crippen LogP contribution in [0.2, 0.25) is 0 Å². The van der Waals surface area contributed by atoms with Gasteiger partial charge >= 0.3 is 5.97 Å². The van der Waals surface area contributed by atoms with Crippen LogP contribution >= 0.6 is 0 Å². The van der Waals surface area contributed by atoms with Crippen LogP contribution in [0.1, 0.15) is 10.5 Å². The molecule has 2 aromatic heterocycles. The Bertz CT molecular complexity index is 724. The summed E-state index contributed by atoms with van der Waals surface area (Å²) < 4.78 is 5.15. The molecule has 17 heavy (non-hydrogen) atoms. The summed E-state index contributed by atoms with van der Waals surface area (Å²) in [4.78, 5) is 16.8. The number of hydrogen-bond acceptors (Lipinski definition) is 2. The van der Waals surface area contributed by atoms with E-state index >= 15 is 0 Å². The first-order valence-electron chi connectivity index (χ1n) is 5.11. The van der Waals surface area contributed by atoms with Gasteiger partial charge in [0.2, 0.25) is 0 Å². The third-order valence-corrected chi connectivity index (χ3v) is 2.82. The topological polar surface area (TPSA) is 78.1 Å². The summed E-state index contributed by atoms with van der Waals surface area (Å²) in [5.74, 6) is -0.220. The second-order valence-electron chi connectivity index (χ2n) is 3.81. The van der Waals surface area contributed by atoms with Crippen LogP contribution in [0.4, 0.5) is 0 Å². The number of aromatic nitrogens is 2. The maximum absolute atomic E-state index is 10.9. The molecule has 0 saturated carbocycles. The predicted octanol–water partition coefficient (Wildman–Crippen LogP) is 2.36. The highest BCUT2D eigenvalue weighted by Crippen LogP contribution is 2.29. The Balaban J connectivity index is 2.33. The van der Waals surface area contributed by atoms with Crippen molar-refractivity contribution >= 4 is 27.9 Å². The van der Waals surface area contributed by atoms with Crippen molar-refractivity contribution < 1.29 is 14.6 Å². The summed E-state index contributed by atoms with van der Waals surface area (Å²) in [6.07, 6.45) is 0. The first-order chi connectivity index (χ1) is 8.19. The van der Waals surface area contributed by atoms with Crippen LogP contribution in [0.5, 0.6) is 5.75 Å². The second kappa shape index (κ2) is 3.28. The van der Waals surface area contributed by atoms with Gasteiger partial charge in [0, 0.05) is 16.3 Å². The Kier molecular flexibility index (Phi) is 1.89. The molecule has 0 radical (unpaired) electrons. The molecular formula is C12H10N2O3. The molecule has 3 rings (SSSR count). The number of nitrogens with one attached hydrogen (secondary N) is 2. The molecule has 1 aromatic carbocycles. The maximum atomic E-state index is 10.9. The van der Waals surface area contributed by atoms with Crippen molar-refractivity contribution in [2.75, 3.05) is 7.11 Å². The van der Waals surface area contributed by atoms with Crippen LogP contribution in [-0.2, 0) is 0 Å². The lowest BCUT2D eigenvalue weighted by atomic mass is 10.2. The molecule has 86 valence electrons. The van der Waals surface area contributed by atoms with Crippen LogP contribution in [0, 0.1) is 0 Å². The zero-order valence-electron chi connectivity index (χ0n) is 9.07. The average molecular weight is 230 g/mol.